The van der Waals surface area contributed by atoms with Crippen molar-refractivity contribution in [3.05, 3.63) is 33.3 Å². The van der Waals surface area contributed by atoms with Gasteiger partial charge in [-0.3, -0.25) is 4.79 Å². The van der Waals surface area contributed by atoms with Crippen LogP contribution in [-0.2, 0) is 0 Å². The number of nitrogens with zero attached hydrogens (tertiary/aromatic N) is 1. The Balaban J connectivity index is 2.12. The molecule has 1 aromatic carbocycles. The van der Waals surface area contributed by atoms with Crippen LogP contribution in [0.25, 0.3) is 0 Å². The van der Waals surface area contributed by atoms with Gasteiger partial charge in [-0.2, -0.15) is 0 Å². The van der Waals surface area contributed by atoms with Gasteiger partial charge in [-0.25, -0.2) is 0 Å². The van der Waals surface area contributed by atoms with Gasteiger partial charge in [0.2, 0.25) is 0 Å². The zero-order valence-electron chi connectivity index (χ0n) is 10.8. The molecule has 1 saturated carbocycles. The van der Waals surface area contributed by atoms with Gasteiger partial charge in [0, 0.05) is 23.1 Å². The Morgan fingerprint density at radius 1 is 1.47 bits per heavy atom. The van der Waals surface area contributed by atoms with E-state index in [1.165, 1.54) is 0 Å². The molecule has 2 rings (SSSR count). The van der Waals surface area contributed by atoms with Crippen molar-refractivity contribution in [2.24, 2.45) is 0 Å². The highest BCUT2D eigenvalue weighted by Crippen LogP contribution is 2.30. The molecule has 0 spiro atoms. The lowest BCUT2D eigenvalue weighted by Crippen LogP contribution is -2.42. The number of aliphatic hydroxyl groups is 1. The quantitative estimate of drug-likeness (QED) is 0.910. The second kappa shape index (κ2) is 5.81. The van der Waals surface area contributed by atoms with E-state index >= 15 is 0 Å². The molecule has 1 fully saturated rings. The van der Waals surface area contributed by atoms with E-state index in [2.05, 4.69) is 15.9 Å². The summed E-state index contributed by atoms with van der Waals surface area (Å²) in [5.74, 6) is -0.130. The Morgan fingerprint density at radius 3 is 2.74 bits per heavy atom. The van der Waals surface area contributed by atoms with Crippen LogP contribution in [0.2, 0.25) is 5.02 Å². The maximum Gasteiger partial charge on any atom is 0.254 e. The summed E-state index contributed by atoms with van der Waals surface area (Å²) >= 11 is 9.28. The smallest absolute Gasteiger partial charge is 0.254 e. The van der Waals surface area contributed by atoms with E-state index in [9.17, 15) is 9.90 Å². The molecule has 1 N–H and O–H groups in total. The van der Waals surface area contributed by atoms with Crippen LogP contribution in [0, 0.1) is 0 Å². The molecule has 19 heavy (non-hydrogen) atoms. The van der Waals surface area contributed by atoms with E-state index in [0.717, 1.165) is 25.7 Å². The number of benzene rings is 1. The first-order valence-electron chi connectivity index (χ1n) is 6.34. The van der Waals surface area contributed by atoms with Gasteiger partial charge >= 0.3 is 0 Å². The summed E-state index contributed by atoms with van der Waals surface area (Å²) in [4.78, 5) is 13.9. The van der Waals surface area contributed by atoms with Crippen LogP contribution < -0.4 is 0 Å². The normalized spacial score (nSPS) is 17.5. The average Bonchev–Trinajstić information content (AvgIpc) is 2.78. The molecule has 104 valence electrons. The average molecular weight is 347 g/mol. The van der Waals surface area contributed by atoms with E-state index in [4.69, 9.17) is 11.6 Å². The molecule has 0 aromatic heterocycles. The van der Waals surface area contributed by atoms with Crippen molar-refractivity contribution >= 4 is 33.4 Å². The molecule has 1 aliphatic rings. The maximum absolute atomic E-state index is 12.4. The number of carbonyl (C=O) groups is 1. The number of likely N-dealkylation sites (N-methyl/N-ethyl adjacent to an activating group) is 1. The monoisotopic (exact) mass is 345 g/mol. The number of carbonyl (C=O) groups excluding carboxylic acids is 1. The predicted molar refractivity (Wildman–Crippen MR) is 79.5 cm³/mol. The lowest BCUT2D eigenvalue weighted by molar-refractivity contribution is 0.0156. The summed E-state index contributed by atoms with van der Waals surface area (Å²) in [6, 6.07) is 5.13. The van der Waals surface area contributed by atoms with Crippen LogP contribution in [0.4, 0.5) is 0 Å². The molecular weight excluding hydrogens is 330 g/mol. The van der Waals surface area contributed by atoms with Crippen molar-refractivity contribution in [1.29, 1.82) is 0 Å². The molecule has 0 heterocycles. The summed E-state index contributed by atoms with van der Waals surface area (Å²) in [5, 5.41) is 10.9. The molecule has 5 heteroatoms. The fourth-order valence-corrected chi connectivity index (χ4v) is 3.16. The SMILES string of the molecule is CN(CC1(O)CCCC1)C(=O)c1cc(Cl)ccc1Br. The Bertz CT molecular complexity index is 486. The minimum atomic E-state index is -0.727. The second-order valence-corrected chi connectivity index (χ2v) is 6.51. The fourth-order valence-electron chi connectivity index (χ4n) is 2.57. The molecule has 0 unspecified atom stereocenters. The van der Waals surface area contributed by atoms with Crippen molar-refractivity contribution in [1.82, 2.24) is 4.90 Å². The zero-order chi connectivity index (χ0) is 14.0. The molecule has 0 aliphatic heterocycles. The molecule has 0 bridgehead atoms. The Labute approximate surface area is 126 Å². The molecule has 0 atom stereocenters. The van der Waals surface area contributed by atoms with Gasteiger partial charge in [0.25, 0.3) is 5.91 Å². The van der Waals surface area contributed by atoms with Crippen molar-refractivity contribution in [3.8, 4) is 0 Å². The maximum atomic E-state index is 12.4. The van der Waals surface area contributed by atoms with Crippen LogP contribution in [0.15, 0.2) is 22.7 Å². The van der Waals surface area contributed by atoms with Gasteiger partial charge in [0.15, 0.2) is 0 Å². The van der Waals surface area contributed by atoms with Gasteiger partial charge in [-0.05, 0) is 47.0 Å². The van der Waals surface area contributed by atoms with Crippen LogP contribution in [-0.4, -0.2) is 35.1 Å². The van der Waals surface area contributed by atoms with Crippen molar-refractivity contribution < 1.29 is 9.90 Å². The highest BCUT2D eigenvalue weighted by molar-refractivity contribution is 9.10. The fraction of sp³-hybridized carbons (Fsp3) is 0.500. The third kappa shape index (κ3) is 3.50. The van der Waals surface area contributed by atoms with E-state index in [1.54, 1.807) is 30.1 Å². The summed E-state index contributed by atoms with van der Waals surface area (Å²) in [6.45, 7) is 0.366. The molecule has 0 saturated heterocycles. The minimum Gasteiger partial charge on any atom is -0.388 e. The van der Waals surface area contributed by atoms with Gasteiger partial charge in [-0.1, -0.05) is 24.4 Å². The molecule has 0 radical (unpaired) electrons. The first-order chi connectivity index (χ1) is 8.91. The lowest BCUT2D eigenvalue weighted by Gasteiger charge is -2.28. The van der Waals surface area contributed by atoms with Crippen molar-refractivity contribution in [2.75, 3.05) is 13.6 Å². The van der Waals surface area contributed by atoms with Crippen molar-refractivity contribution in [3.63, 3.8) is 0 Å². The Morgan fingerprint density at radius 2 is 2.11 bits per heavy atom. The summed E-state index contributed by atoms with van der Waals surface area (Å²) in [6.07, 6.45) is 3.58. The zero-order valence-corrected chi connectivity index (χ0v) is 13.2. The van der Waals surface area contributed by atoms with Crippen molar-refractivity contribution in [2.45, 2.75) is 31.3 Å². The number of amides is 1. The molecule has 1 aliphatic carbocycles. The summed E-state index contributed by atoms with van der Waals surface area (Å²) in [5.41, 5.74) is -0.202. The molecule has 1 aromatic rings. The molecule has 3 nitrogen and oxygen atoms in total. The minimum absolute atomic E-state index is 0.130. The van der Waals surface area contributed by atoms with E-state index in [1.807, 2.05) is 0 Å². The molecular formula is C14H17BrClNO2. The lowest BCUT2D eigenvalue weighted by atomic mass is 10.0. The van der Waals surface area contributed by atoms with Crippen LogP contribution in [0.5, 0.6) is 0 Å². The highest BCUT2D eigenvalue weighted by atomic mass is 79.9. The van der Waals surface area contributed by atoms with E-state index in [0.29, 0.717) is 21.6 Å². The summed E-state index contributed by atoms with van der Waals surface area (Å²) < 4.78 is 0.715. The second-order valence-electron chi connectivity index (χ2n) is 5.22. The predicted octanol–water partition coefficient (Wildman–Crippen LogP) is 3.48. The number of hydrogen-bond acceptors (Lipinski definition) is 2. The first-order valence-corrected chi connectivity index (χ1v) is 7.51. The van der Waals surface area contributed by atoms with E-state index < -0.39 is 5.60 Å². The largest absolute Gasteiger partial charge is 0.388 e. The number of halogens is 2. The van der Waals surface area contributed by atoms with Gasteiger partial charge in [-0.15, -0.1) is 0 Å². The standard InChI is InChI=1S/C14H17BrClNO2/c1-17(9-14(19)6-2-3-7-14)13(18)11-8-10(16)4-5-12(11)15/h4-5,8,19H,2-3,6-7,9H2,1H3. The third-order valence-corrected chi connectivity index (χ3v) is 4.50. The van der Waals surface area contributed by atoms with Crippen LogP contribution >= 0.6 is 27.5 Å². The Hall–Kier alpha value is -0.580. The first kappa shape index (κ1) is 14.8. The Kier molecular flexibility index (Phi) is 4.54. The van der Waals surface area contributed by atoms with Gasteiger partial charge in [0.1, 0.15) is 0 Å². The molecule has 1 amide bonds. The van der Waals surface area contributed by atoms with E-state index in [-0.39, 0.29) is 5.91 Å². The number of hydrogen-bond donors (Lipinski definition) is 1. The van der Waals surface area contributed by atoms with Gasteiger partial charge in [0.05, 0.1) is 11.2 Å². The number of rotatable bonds is 3. The topological polar surface area (TPSA) is 40.5 Å². The van der Waals surface area contributed by atoms with Gasteiger partial charge < -0.3 is 10.0 Å². The van der Waals surface area contributed by atoms with Crippen LogP contribution in [0.1, 0.15) is 36.0 Å². The summed E-state index contributed by atoms with van der Waals surface area (Å²) in [7, 11) is 1.71. The highest BCUT2D eigenvalue weighted by Gasteiger charge is 2.33. The third-order valence-electron chi connectivity index (χ3n) is 3.57. The van der Waals surface area contributed by atoms with Crippen LogP contribution in [0.3, 0.4) is 0 Å².